The maximum atomic E-state index is 12.3. The lowest BCUT2D eigenvalue weighted by atomic mass is 9.81. The Morgan fingerprint density at radius 3 is 2.85 bits per heavy atom. The number of fused-ring (bicyclic) bond motifs is 1. The zero-order valence-corrected chi connectivity index (χ0v) is 12.4. The van der Waals surface area contributed by atoms with Gasteiger partial charge in [0.05, 0.1) is 11.9 Å². The summed E-state index contributed by atoms with van der Waals surface area (Å²) in [6.07, 6.45) is 2.72. The zero-order valence-electron chi connectivity index (χ0n) is 10.9. The molecule has 0 fully saturated rings. The van der Waals surface area contributed by atoms with E-state index >= 15 is 0 Å². The molecule has 0 N–H and O–H groups in total. The van der Waals surface area contributed by atoms with Gasteiger partial charge in [0.25, 0.3) is 0 Å². The van der Waals surface area contributed by atoms with Crippen LogP contribution in [0.4, 0.5) is 0 Å². The lowest BCUT2D eigenvalue weighted by Crippen LogP contribution is -2.22. The van der Waals surface area contributed by atoms with Crippen molar-refractivity contribution < 1.29 is 4.79 Å². The first-order chi connectivity index (χ1) is 9.56. The molecular formula is C15H12Cl2N2O. The second-order valence-electron chi connectivity index (χ2n) is 5.04. The molecule has 2 aromatic rings. The van der Waals surface area contributed by atoms with E-state index in [0.29, 0.717) is 22.9 Å². The van der Waals surface area contributed by atoms with Crippen molar-refractivity contribution in [3.8, 4) is 0 Å². The fourth-order valence-electron chi connectivity index (χ4n) is 2.73. The highest BCUT2D eigenvalue weighted by atomic mass is 35.5. The van der Waals surface area contributed by atoms with Crippen LogP contribution in [0.15, 0.2) is 24.4 Å². The van der Waals surface area contributed by atoms with Crippen LogP contribution >= 0.6 is 23.2 Å². The number of hydrogen-bond acceptors (Lipinski definition) is 3. The van der Waals surface area contributed by atoms with Gasteiger partial charge in [0, 0.05) is 22.0 Å². The molecule has 1 atom stereocenters. The van der Waals surface area contributed by atoms with Gasteiger partial charge in [-0.25, -0.2) is 0 Å². The molecule has 20 heavy (non-hydrogen) atoms. The Balaban J connectivity index is 2.04. The third-order valence-corrected chi connectivity index (χ3v) is 4.24. The van der Waals surface area contributed by atoms with Gasteiger partial charge in [-0.3, -0.25) is 4.79 Å². The maximum Gasteiger partial charge on any atom is 0.165 e. The Morgan fingerprint density at radius 1 is 1.25 bits per heavy atom. The molecule has 0 amide bonds. The molecule has 0 bridgehead atoms. The number of carbonyl (C=O) groups is 1. The number of hydrogen-bond donors (Lipinski definition) is 0. The van der Waals surface area contributed by atoms with Crippen LogP contribution in [0.25, 0.3) is 0 Å². The van der Waals surface area contributed by atoms with Crippen LogP contribution in [-0.4, -0.2) is 16.0 Å². The van der Waals surface area contributed by atoms with E-state index in [1.54, 1.807) is 18.3 Å². The predicted octanol–water partition coefficient (Wildman–Crippen LogP) is 4.00. The molecule has 102 valence electrons. The first kappa shape index (κ1) is 13.5. The Bertz CT molecular complexity index is 700. The molecular weight excluding hydrogens is 295 g/mol. The summed E-state index contributed by atoms with van der Waals surface area (Å²) in [5.74, 6) is 0.108. The number of rotatable bonds is 1. The summed E-state index contributed by atoms with van der Waals surface area (Å²) >= 11 is 12.3. The first-order valence-electron chi connectivity index (χ1n) is 6.35. The molecule has 1 aromatic heterocycles. The average Bonchev–Trinajstić information content (AvgIpc) is 2.41. The molecule has 1 aliphatic carbocycles. The third kappa shape index (κ3) is 2.32. The van der Waals surface area contributed by atoms with Crippen molar-refractivity contribution in [1.29, 1.82) is 0 Å². The quantitative estimate of drug-likeness (QED) is 0.799. The zero-order chi connectivity index (χ0) is 14.3. The van der Waals surface area contributed by atoms with Gasteiger partial charge in [-0.1, -0.05) is 23.2 Å². The van der Waals surface area contributed by atoms with E-state index < -0.39 is 0 Å². The lowest BCUT2D eigenvalue weighted by Gasteiger charge is -2.24. The molecule has 0 aliphatic heterocycles. The van der Waals surface area contributed by atoms with Gasteiger partial charge < -0.3 is 0 Å². The van der Waals surface area contributed by atoms with E-state index in [4.69, 9.17) is 23.2 Å². The average molecular weight is 307 g/mol. The third-order valence-electron chi connectivity index (χ3n) is 3.66. The van der Waals surface area contributed by atoms with Crippen molar-refractivity contribution in [2.75, 3.05) is 0 Å². The van der Waals surface area contributed by atoms with E-state index in [-0.39, 0.29) is 11.7 Å². The first-order valence-corrected chi connectivity index (χ1v) is 7.11. The van der Waals surface area contributed by atoms with Crippen LogP contribution in [0, 0.1) is 6.92 Å². The van der Waals surface area contributed by atoms with Crippen LogP contribution in [0.5, 0.6) is 0 Å². The number of aromatic nitrogens is 2. The summed E-state index contributed by atoms with van der Waals surface area (Å²) in [5.41, 5.74) is 3.26. The Morgan fingerprint density at radius 2 is 2.05 bits per heavy atom. The summed E-state index contributed by atoms with van der Waals surface area (Å²) in [7, 11) is 0. The van der Waals surface area contributed by atoms with Crippen molar-refractivity contribution >= 4 is 29.0 Å². The number of carbonyl (C=O) groups excluding carboxylic acids is 1. The standard InChI is InChI=1S/C15H12Cl2N2O/c1-8-7-18-19-13-4-9(5-14(20)15(8)13)11-6-10(16)2-3-12(11)17/h2-3,6-7,9H,4-5H2,1H3. The van der Waals surface area contributed by atoms with Crippen LogP contribution in [-0.2, 0) is 6.42 Å². The monoisotopic (exact) mass is 306 g/mol. The number of ketones is 1. The lowest BCUT2D eigenvalue weighted by molar-refractivity contribution is 0.0962. The Kier molecular flexibility index (Phi) is 3.48. The number of aryl methyl sites for hydroxylation is 1. The summed E-state index contributed by atoms with van der Waals surface area (Å²) in [6, 6.07) is 5.34. The maximum absolute atomic E-state index is 12.3. The molecule has 1 aliphatic rings. The molecule has 3 rings (SSSR count). The molecule has 3 nitrogen and oxygen atoms in total. The smallest absolute Gasteiger partial charge is 0.165 e. The second-order valence-corrected chi connectivity index (χ2v) is 5.89. The van der Waals surface area contributed by atoms with Crippen molar-refractivity contribution in [3.05, 3.63) is 56.8 Å². The van der Waals surface area contributed by atoms with Crippen LogP contribution in [0.3, 0.4) is 0 Å². The van der Waals surface area contributed by atoms with E-state index in [2.05, 4.69) is 10.2 Å². The highest BCUT2D eigenvalue weighted by molar-refractivity contribution is 6.33. The number of benzene rings is 1. The van der Waals surface area contributed by atoms with Gasteiger partial charge in [0.2, 0.25) is 0 Å². The molecule has 0 radical (unpaired) electrons. The van der Waals surface area contributed by atoms with Crippen molar-refractivity contribution in [1.82, 2.24) is 10.2 Å². The van der Waals surface area contributed by atoms with Crippen molar-refractivity contribution in [3.63, 3.8) is 0 Å². The summed E-state index contributed by atoms with van der Waals surface area (Å²) in [6.45, 7) is 1.89. The minimum Gasteiger partial charge on any atom is -0.294 e. The number of halogens is 2. The van der Waals surface area contributed by atoms with Crippen LogP contribution in [0.1, 0.15) is 39.5 Å². The molecule has 1 unspecified atom stereocenters. The molecule has 0 spiro atoms. The highest BCUT2D eigenvalue weighted by Crippen LogP contribution is 2.36. The van der Waals surface area contributed by atoms with Gasteiger partial charge in [0.15, 0.2) is 5.78 Å². The SMILES string of the molecule is Cc1cnnc2c1C(=O)CC(c1cc(Cl)ccc1Cl)C2. The van der Waals surface area contributed by atoms with E-state index in [1.807, 2.05) is 13.0 Å². The predicted molar refractivity (Wildman–Crippen MR) is 78.6 cm³/mol. The van der Waals surface area contributed by atoms with Crippen LogP contribution in [0.2, 0.25) is 10.0 Å². The fourth-order valence-corrected chi connectivity index (χ4v) is 3.18. The minimum atomic E-state index is 0.0114. The molecule has 1 aromatic carbocycles. The second kappa shape index (κ2) is 5.15. The van der Waals surface area contributed by atoms with E-state index in [1.165, 1.54) is 0 Å². The summed E-state index contributed by atoms with van der Waals surface area (Å²) in [5, 5.41) is 9.31. The molecule has 5 heteroatoms. The normalized spacial score (nSPS) is 17.9. The topological polar surface area (TPSA) is 42.9 Å². The van der Waals surface area contributed by atoms with E-state index in [0.717, 1.165) is 22.4 Å². The van der Waals surface area contributed by atoms with Gasteiger partial charge in [-0.15, -0.1) is 0 Å². The molecule has 1 heterocycles. The highest BCUT2D eigenvalue weighted by Gasteiger charge is 2.30. The summed E-state index contributed by atoms with van der Waals surface area (Å²) < 4.78 is 0. The summed E-state index contributed by atoms with van der Waals surface area (Å²) in [4.78, 5) is 12.3. The van der Waals surface area contributed by atoms with E-state index in [9.17, 15) is 4.79 Å². The van der Waals surface area contributed by atoms with Gasteiger partial charge in [0.1, 0.15) is 0 Å². The van der Waals surface area contributed by atoms with Crippen LogP contribution < -0.4 is 0 Å². The van der Waals surface area contributed by atoms with Gasteiger partial charge >= 0.3 is 0 Å². The Hall–Kier alpha value is -1.45. The van der Waals surface area contributed by atoms with Gasteiger partial charge in [-0.2, -0.15) is 10.2 Å². The largest absolute Gasteiger partial charge is 0.294 e. The van der Waals surface area contributed by atoms with Gasteiger partial charge in [-0.05, 0) is 48.6 Å². The van der Waals surface area contributed by atoms with Crippen molar-refractivity contribution in [2.24, 2.45) is 0 Å². The van der Waals surface area contributed by atoms with Crippen molar-refractivity contribution in [2.45, 2.75) is 25.7 Å². The molecule has 0 saturated heterocycles. The minimum absolute atomic E-state index is 0.0114. The fraction of sp³-hybridized carbons (Fsp3) is 0.267. The number of Topliss-reactive ketones (excluding diaryl/α,β-unsaturated/α-hetero) is 1. The molecule has 0 saturated carbocycles. The Labute approximate surface area is 126 Å². The number of nitrogens with zero attached hydrogens (tertiary/aromatic N) is 2.